The summed E-state index contributed by atoms with van der Waals surface area (Å²) in [5, 5.41) is 2.97. The highest BCUT2D eigenvalue weighted by molar-refractivity contribution is 5.88. The molecule has 0 unspecified atom stereocenters. The smallest absolute Gasteiger partial charge is 0.345 e. The van der Waals surface area contributed by atoms with E-state index in [1.54, 1.807) is 13.1 Å². The Bertz CT molecular complexity index is 655. The lowest BCUT2D eigenvalue weighted by Crippen LogP contribution is -2.22. The van der Waals surface area contributed by atoms with Crippen LogP contribution in [0.2, 0.25) is 0 Å². The predicted molar refractivity (Wildman–Crippen MR) is 77.2 cm³/mol. The molecule has 0 aromatic carbocycles. The zero-order chi connectivity index (χ0) is 15.1. The number of hydrogen-bond donors (Lipinski definition) is 2. The molecule has 0 saturated carbocycles. The van der Waals surface area contributed by atoms with Crippen LogP contribution in [-0.2, 0) is 11.2 Å². The van der Waals surface area contributed by atoms with Crippen molar-refractivity contribution in [1.29, 1.82) is 0 Å². The Morgan fingerprint density at radius 1 is 1.38 bits per heavy atom. The minimum absolute atomic E-state index is 0.105. The van der Waals surface area contributed by atoms with E-state index in [-0.39, 0.29) is 12.2 Å². The van der Waals surface area contributed by atoms with Crippen LogP contribution in [0.5, 0.6) is 0 Å². The van der Waals surface area contributed by atoms with Crippen molar-refractivity contribution in [3.63, 3.8) is 0 Å². The normalized spacial score (nSPS) is 10.1. The summed E-state index contributed by atoms with van der Waals surface area (Å²) in [5.41, 5.74) is 0.311. The van der Waals surface area contributed by atoms with Crippen LogP contribution < -0.4 is 10.9 Å². The summed E-state index contributed by atoms with van der Waals surface area (Å²) in [6.45, 7) is 2.45. The van der Waals surface area contributed by atoms with Crippen molar-refractivity contribution in [2.75, 3.05) is 18.5 Å². The Hall–Kier alpha value is -2.70. The molecule has 2 heterocycles. The number of carbonyl (C=O) groups excluding carboxylic acids is 1. The van der Waals surface area contributed by atoms with Gasteiger partial charge in [0.1, 0.15) is 5.56 Å². The fraction of sp³-hybridized carbons (Fsp3) is 0.286. The zero-order valence-corrected chi connectivity index (χ0v) is 11.6. The van der Waals surface area contributed by atoms with Crippen molar-refractivity contribution in [1.82, 2.24) is 15.0 Å². The number of nitrogens with one attached hydrogen (secondary N) is 2. The van der Waals surface area contributed by atoms with Gasteiger partial charge in [0.2, 0.25) is 5.95 Å². The molecule has 2 aromatic rings. The highest BCUT2D eigenvalue weighted by atomic mass is 16.5. The van der Waals surface area contributed by atoms with E-state index in [4.69, 9.17) is 4.74 Å². The summed E-state index contributed by atoms with van der Waals surface area (Å²) in [6, 6.07) is 5.68. The lowest BCUT2D eigenvalue weighted by molar-refractivity contribution is 0.0524. The first kappa shape index (κ1) is 14.7. The standard InChI is InChI=1S/C14H16N4O3/c1-2-21-13(20)11-9-17-14(18-12(11)19)16-8-6-10-5-3-4-7-15-10/h3-5,7,9H,2,6,8H2,1H3,(H2,16,17,18,19). The number of rotatable bonds is 6. The molecule has 110 valence electrons. The van der Waals surface area contributed by atoms with Gasteiger partial charge in [0.15, 0.2) is 0 Å². The third-order valence-corrected chi connectivity index (χ3v) is 2.69. The second kappa shape index (κ2) is 7.18. The minimum atomic E-state index is -0.675. The van der Waals surface area contributed by atoms with Crippen LogP contribution in [-0.4, -0.2) is 34.1 Å². The number of ether oxygens (including phenoxy) is 1. The molecule has 7 heteroatoms. The molecule has 21 heavy (non-hydrogen) atoms. The van der Waals surface area contributed by atoms with Crippen molar-refractivity contribution in [2.24, 2.45) is 0 Å². The molecule has 0 atom stereocenters. The van der Waals surface area contributed by atoms with Crippen LogP contribution in [0.4, 0.5) is 5.95 Å². The number of aromatic nitrogens is 3. The van der Waals surface area contributed by atoms with E-state index >= 15 is 0 Å². The lowest BCUT2D eigenvalue weighted by atomic mass is 10.3. The van der Waals surface area contributed by atoms with Crippen molar-refractivity contribution < 1.29 is 9.53 Å². The van der Waals surface area contributed by atoms with Gasteiger partial charge in [-0.2, -0.15) is 0 Å². The zero-order valence-electron chi connectivity index (χ0n) is 11.6. The lowest BCUT2D eigenvalue weighted by Gasteiger charge is -2.06. The van der Waals surface area contributed by atoms with E-state index in [9.17, 15) is 9.59 Å². The summed E-state index contributed by atoms with van der Waals surface area (Å²) >= 11 is 0. The van der Waals surface area contributed by atoms with Gasteiger partial charge < -0.3 is 10.1 Å². The molecule has 0 spiro atoms. The average molecular weight is 288 g/mol. The van der Waals surface area contributed by atoms with Crippen LogP contribution in [0.15, 0.2) is 35.4 Å². The van der Waals surface area contributed by atoms with E-state index in [1.807, 2.05) is 18.2 Å². The molecule has 2 rings (SSSR count). The number of anilines is 1. The van der Waals surface area contributed by atoms with E-state index < -0.39 is 11.5 Å². The molecule has 0 aliphatic carbocycles. The van der Waals surface area contributed by atoms with Crippen LogP contribution >= 0.6 is 0 Å². The number of carbonyl (C=O) groups is 1. The summed E-state index contributed by atoms with van der Waals surface area (Å²) in [6.07, 6.45) is 3.63. The summed E-state index contributed by atoms with van der Waals surface area (Å²) in [4.78, 5) is 33.9. The fourth-order valence-electron chi connectivity index (χ4n) is 1.69. The quantitative estimate of drug-likeness (QED) is 0.770. The molecule has 0 aliphatic heterocycles. The number of pyridine rings is 1. The molecular weight excluding hydrogens is 272 g/mol. The molecule has 2 N–H and O–H groups in total. The molecule has 2 aromatic heterocycles. The highest BCUT2D eigenvalue weighted by Gasteiger charge is 2.12. The van der Waals surface area contributed by atoms with Crippen molar-refractivity contribution in [2.45, 2.75) is 13.3 Å². The molecule has 0 amide bonds. The van der Waals surface area contributed by atoms with Gasteiger partial charge in [-0.1, -0.05) is 6.07 Å². The number of aromatic amines is 1. The second-order valence-corrected chi connectivity index (χ2v) is 4.19. The Morgan fingerprint density at radius 2 is 2.24 bits per heavy atom. The SMILES string of the molecule is CCOC(=O)c1cnc(NCCc2ccccn2)[nH]c1=O. The van der Waals surface area contributed by atoms with Crippen molar-refractivity contribution in [3.8, 4) is 0 Å². The second-order valence-electron chi connectivity index (χ2n) is 4.19. The molecule has 0 saturated heterocycles. The molecule has 0 aliphatic rings. The number of H-pyrrole nitrogens is 1. The van der Waals surface area contributed by atoms with Gasteiger partial charge in [0.05, 0.1) is 12.8 Å². The number of hydrogen-bond acceptors (Lipinski definition) is 6. The monoisotopic (exact) mass is 288 g/mol. The third-order valence-electron chi connectivity index (χ3n) is 2.69. The number of nitrogens with zero attached hydrogens (tertiary/aromatic N) is 2. The Kier molecular flexibility index (Phi) is 5.03. The van der Waals surface area contributed by atoms with Gasteiger partial charge in [0.25, 0.3) is 5.56 Å². The summed E-state index contributed by atoms with van der Waals surface area (Å²) in [7, 11) is 0. The first-order valence-corrected chi connectivity index (χ1v) is 6.61. The van der Waals surface area contributed by atoms with Crippen molar-refractivity contribution >= 4 is 11.9 Å². The third kappa shape index (κ3) is 4.13. The van der Waals surface area contributed by atoms with Gasteiger partial charge >= 0.3 is 5.97 Å². The molecule has 0 fully saturated rings. The van der Waals surface area contributed by atoms with E-state index in [2.05, 4.69) is 20.3 Å². The van der Waals surface area contributed by atoms with Crippen LogP contribution in [0.1, 0.15) is 23.0 Å². The van der Waals surface area contributed by atoms with Gasteiger partial charge in [-0.15, -0.1) is 0 Å². The largest absolute Gasteiger partial charge is 0.462 e. The van der Waals surface area contributed by atoms with Gasteiger partial charge in [-0.3, -0.25) is 14.8 Å². The van der Waals surface area contributed by atoms with Crippen LogP contribution in [0.25, 0.3) is 0 Å². The van der Waals surface area contributed by atoms with E-state index in [0.29, 0.717) is 18.9 Å². The maximum atomic E-state index is 11.7. The van der Waals surface area contributed by atoms with Crippen LogP contribution in [0.3, 0.4) is 0 Å². The summed E-state index contributed by atoms with van der Waals surface area (Å²) < 4.78 is 4.76. The highest BCUT2D eigenvalue weighted by Crippen LogP contribution is 1.99. The van der Waals surface area contributed by atoms with Gasteiger partial charge in [0, 0.05) is 24.9 Å². The molecule has 7 nitrogen and oxygen atoms in total. The van der Waals surface area contributed by atoms with Crippen LogP contribution in [0, 0.1) is 0 Å². The molecule has 0 bridgehead atoms. The van der Waals surface area contributed by atoms with E-state index in [0.717, 1.165) is 5.69 Å². The topological polar surface area (TPSA) is 97.0 Å². The first-order valence-electron chi connectivity index (χ1n) is 6.61. The van der Waals surface area contributed by atoms with Gasteiger partial charge in [-0.25, -0.2) is 9.78 Å². The Morgan fingerprint density at radius 3 is 2.90 bits per heavy atom. The van der Waals surface area contributed by atoms with Crippen molar-refractivity contribution in [3.05, 3.63) is 52.2 Å². The molecular formula is C14H16N4O3. The van der Waals surface area contributed by atoms with E-state index in [1.165, 1.54) is 6.20 Å². The average Bonchev–Trinajstić information content (AvgIpc) is 2.48. The maximum absolute atomic E-state index is 11.7. The fourth-order valence-corrected chi connectivity index (χ4v) is 1.69. The summed E-state index contributed by atoms with van der Waals surface area (Å²) in [5.74, 6) is -0.365. The minimum Gasteiger partial charge on any atom is -0.462 e. The maximum Gasteiger partial charge on any atom is 0.345 e. The molecule has 0 radical (unpaired) electrons. The predicted octanol–water partition coefficient (Wildman–Crippen LogP) is 0.996. The Labute approximate surface area is 121 Å². The Balaban J connectivity index is 1.94. The number of esters is 1. The van der Waals surface area contributed by atoms with Gasteiger partial charge in [-0.05, 0) is 19.1 Å². The first-order chi connectivity index (χ1) is 10.2.